The lowest BCUT2D eigenvalue weighted by Crippen LogP contribution is -2.48. The first kappa shape index (κ1) is 10.6. The summed E-state index contributed by atoms with van der Waals surface area (Å²) in [6, 6.07) is 7.40. The lowest BCUT2D eigenvalue weighted by Gasteiger charge is -2.30. The molecule has 0 bridgehead atoms. The van der Waals surface area contributed by atoms with E-state index < -0.39 is 0 Å². The Hall–Kier alpha value is -0.870. The van der Waals surface area contributed by atoms with Crippen LogP contribution in [0.25, 0.3) is 0 Å². The number of amides is 1. The van der Waals surface area contributed by atoms with Gasteiger partial charge < -0.3 is 10.6 Å². The molecule has 1 aromatic carbocycles. The van der Waals surface area contributed by atoms with Crippen LogP contribution in [0.2, 0.25) is 0 Å². The summed E-state index contributed by atoms with van der Waals surface area (Å²) in [7, 11) is 0. The zero-order chi connectivity index (χ0) is 10.8. The van der Waals surface area contributed by atoms with Crippen LogP contribution in [0.3, 0.4) is 0 Å². The Morgan fingerprint density at radius 1 is 1.33 bits per heavy atom. The number of hydrogen-bond acceptors (Lipinski definition) is 2. The van der Waals surface area contributed by atoms with Crippen LogP contribution >= 0.6 is 15.9 Å². The first-order valence-corrected chi connectivity index (χ1v) is 5.80. The van der Waals surface area contributed by atoms with Crippen LogP contribution in [-0.4, -0.2) is 18.5 Å². The van der Waals surface area contributed by atoms with Gasteiger partial charge in [0.2, 0.25) is 5.91 Å². The van der Waals surface area contributed by atoms with E-state index in [2.05, 4.69) is 15.9 Å². The van der Waals surface area contributed by atoms with Crippen molar-refractivity contribution in [1.82, 2.24) is 0 Å². The molecule has 2 rings (SSSR count). The third-order valence-electron chi connectivity index (χ3n) is 2.62. The number of anilines is 1. The van der Waals surface area contributed by atoms with Gasteiger partial charge in [0, 0.05) is 16.7 Å². The Morgan fingerprint density at radius 2 is 2.00 bits per heavy atom. The average molecular weight is 269 g/mol. The van der Waals surface area contributed by atoms with Gasteiger partial charge in [-0.25, -0.2) is 0 Å². The molecule has 1 heterocycles. The monoisotopic (exact) mass is 268 g/mol. The van der Waals surface area contributed by atoms with Crippen LogP contribution in [0.15, 0.2) is 28.7 Å². The molecule has 3 nitrogen and oxygen atoms in total. The summed E-state index contributed by atoms with van der Waals surface area (Å²) < 4.78 is 1.01. The number of carbonyl (C=O) groups is 1. The van der Waals surface area contributed by atoms with Crippen molar-refractivity contribution in [3.05, 3.63) is 28.7 Å². The molecule has 1 aliphatic heterocycles. The predicted octanol–water partition coefficient (Wildman–Crippen LogP) is 1.90. The van der Waals surface area contributed by atoms with Crippen molar-refractivity contribution in [2.75, 3.05) is 11.4 Å². The minimum atomic E-state index is -0.331. The van der Waals surface area contributed by atoms with E-state index in [0.717, 1.165) is 29.5 Å². The van der Waals surface area contributed by atoms with E-state index in [9.17, 15) is 4.79 Å². The summed E-state index contributed by atoms with van der Waals surface area (Å²) in [5, 5.41) is 0. The van der Waals surface area contributed by atoms with Crippen LogP contribution in [-0.2, 0) is 4.79 Å². The number of hydrogen-bond donors (Lipinski definition) is 1. The van der Waals surface area contributed by atoms with Crippen molar-refractivity contribution >= 4 is 27.5 Å². The second-order valence-electron chi connectivity index (χ2n) is 3.72. The van der Waals surface area contributed by atoms with Crippen molar-refractivity contribution in [1.29, 1.82) is 0 Å². The van der Waals surface area contributed by atoms with Gasteiger partial charge in [-0.15, -0.1) is 0 Å². The third-order valence-corrected chi connectivity index (χ3v) is 3.15. The molecule has 0 radical (unpaired) electrons. The molecule has 80 valence electrons. The van der Waals surface area contributed by atoms with Crippen LogP contribution < -0.4 is 10.6 Å². The minimum Gasteiger partial charge on any atom is -0.320 e. The maximum atomic E-state index is 11.8. The van der Waals surface area contributed by atoms with E-state index in [-0.39, 0.29) is 11.9 Å². The number of nitrogens with two attached hydrogens (primary N) is 1. The van der Waals surface area contributed by atoms with E-state index >= 15 is 0 Å². The van der Waals surface area contributed by atoms with E-state index in [0.29, 0.717) is 0 Å². The van der Waals surface area contributed by atoms with Gasteiger partial charge in [-0.05, 0) is 37.1 Å². The molecule has 1 amide bonds. The standard InChI is InChI=1S/C11H13BrN2O/c12-8-3-5-9(6-4-8)14-7-1-2-10(13)11(14)15/h3-6,10H,1-2,7,13H2/t10-/m0/s1. The number of benzene rings is 1. The minimum absolute atomic E-state index is 0.0311. The highest BCUT2D eigenvalue weighted by Gasteiger charge is 2.26. The van der Waals surface area contributed by atoms with Gasteiger partial charge in [0.1, 0.15) is 0 Å². The molecular weight excluding hydrogens is 256 g/mol. The molecule has 1 atom stereocenters. The first-order valence-electron chi connectivity index (χ1n) is 5.01. The summed E-state index contributed by atoms with van der Waals surface area (Å²) in [4.78, 5) is 13.6. The van der Waals surface area contributed by atoms with Gasteiger partial charge in [0.25, 0.3) is 0 Å². The van der Waals surface area contributed by atoms with Gasteiger partial charge >= 0.3 is 0 Å². The zero-order valence-electron chi connectivity index (χ0n) is 8.32. The highest BCUT2D eigenvalue weighted by molar-refractivity contribution is 9.10. The SMILES string of the molecule is N[C@H]1CCCN(c2ccc(Br)cc2)C1=O. The van der Waals surface area contributed by atoms with Crippen LogP contribution in [0.4, 0.5) is 5.69 Å². The quantitative estimate of drug-likeness (QED) is 0.846. The van der Waals surface area contributed by atoms with Crippen LogP contribution in [0, 0.1) is 0 Å². The van der Waals surface area contributed by atoms with Crippen molar-refractivity contribution in [3.63, 3.8) is 0 Å². The molecule has 1 aromatic rings. The van der Waals surface area contributed by atoms with Gasteiger partial charge in [0.15, 0.2) is 0 Å². The maximum absolute atomic E-state index is 11.8. The molecule has 0 unspecified atom stereocenters. The van der Waals surface area contributed by atoms with Crippen molar-refractivity contribution in [3.8, 4) is 0 Å². The highest BCUT2D eigenvalue weighted by Crippen LogP contribution is 2.22. The largest absolute Gasteiger partial charge is 0.320 e. The summed E-state index contributed by atoms with van der Waals surface area (Å²) in [6.45, 7) is 0.772. The lowest BCUT2D eigenvalue weighted by atomic mass is 10.1. The van der Waals surface area contributed by atoms with Crippen molar-refractivity contribution in [2.45, 2.75) is 18.9 Å². The highest BCUT2D eigenvalue weighted by atomic mass is 79.9. The number of halogens is 1. The topological polar surface area (TPSA) is 46.3 Å². The summed E-state index contributed by atoms with van der Waals surface area (Å²) in [5.74, 6) is 0.0311. The fourth-order valence-corrected chi connectivity index (χ4v) is 2.04. The second kappa shape index (κ2) is 4.33. The molecule has 0 spiro atoms. The van der Waals surface area contributed by atoms with Crippen molar-refractivity contribution < 1.29 is 4.79 Å². The molecule has 1 fully saturated rings. The molecule has 1 aliphatic rings. The second-order valence-corrected chi connectivity index (χ2v) is 4.63. The van der Waals surface area contributed by atoms with E-state index in [4.69, 9.17) is 5.73 Å². The average Bonchev–Trinajstić information content (AvgIpc) is 2.24. The lowest BCUT2D eigenvalue weighted by molar-refractivity contribution is -0.120. The fourth-order valence-electron chi connectivity index (χ4n) is 1.78. The zero-order valence-corrected chi connectivity index (χ0v) is 9.90. The Balaban J connectivity index is 2.22. The molecule has 0 aromatic heterocycles. The van der Waals surface area contributed by atoms with Gasteiger partial charge in [0.05, 0.1) is 6.04 Å². The normalized spacial score (nSPS) is 21.9. The predicted molar refractivity (Wildman–Crippen MR) is 63.7 cm³/mol. The van der Waals surface area contributed by atoms with Crippen molar-refractivity contribution in [2.24, 2.45) is 5.73 Å². The molecule has 1 saturated heterocycles. The Morgan fingerprint density at radius 3 is 2.67 bits per heavy atom. The number of carbonyl (C=O) groups excluding carboxylic acids is 1. The Labute approximate surface area is 97.4 Å². The molecule has 0 aliphatic carbocycles. The number of nitrogens with zero attached hydrogens (tertiary/aromatic N) is 1. The van der Waals surface area contributed by atoms with Crippen LogP contribution in [0.1, 0.15) is 12.8 Å². The van der Waals surface area contributed by atoms with Crippen LogP contribution in [0.5, 0.6) is 0 Å². The van der Waals surface area contributed by atoms with Gasteiger partial charge in [-0.1, -0.05) is 15.9 Å². The first-order chi connectivity index (χ1) is 7.18. The third kappa shape index (κ3) is 2.21. The maximum Gasteiger partial charge on any atom is 0.243 e. The van der Waals surface area contributed by atoms with E-state index in [1.807, 2.05) is 24.3 Å². The van der Waals surface area contributed by atoms with Gasteiger partial charge in [-0.2, -0.15) is 0 Å². The molecule has 4 heteroatoms. The molecule has 0 saturated carbocycles. The number of rotatable bonds is 1. The summed E-state index contributed by atoms with van der Waals surface area (Å²) >= 11 is 3.37. The Kier molecular flexibility index (Phi) is 3.07. The van der Waals surface area contributed by atoms with E-state index in [1.165, 1.54) is 0 Å². The Bertz CT molecular complexity index is 363. The molecular formula is C11H13BrN2O. The van der Waals surface area contributed by atoms with E-state index in [1.54, 1.807) is 4.90 Å². The smallest absolute Gasteiger partial charge is 0.243 e. The van der Waals surface area contributed by atoms with Gasteiger partial charge in [-0.3, -0.25) is 4.79 Å². The summed E-state index contributed by atoms with van der Waals surface area (Å²) in [6.07, 6.45) is 1.77. The number of piperidine rings is 1. The molecule has 15 heavy (non-hydrogen) atoms. The fraction of sp³-hybridized carbons (Fsp3) is 0.364. The summed E-state index contributed by atoms with van der Waals surface area (Å²) in [5.41, 5.74) is 6.66. The molecule has 2 N–H and O–H groups in total.